The first-order valence-electron chi connectivity index (χ1n) is 9.90. The predicted octanol–water partition coefficient (Wildman–Crippen LogP) is 7.11. The van der Waals surface area contributed by atoms with Crippen LogP contribution in [0.3, 0.4) is 0 Å². The fourth-order valence-electron chi connectivity index (χ4n) is 3.25. The van der Waals surface area contributed by atoms with Crippen molar-refractivity contribution >= 4 is 52.0 Å². The number of halogens is 2. The number of pyridine rings is 1. The molecule has 3 aromatic heterocycles. The fourth-order valence-corrected chi connectivity index (χ4v) is 3.78. The van der Waals surface area contributed by atoms with E-state index in [4.69, 9.17) is 32.0 Å². The minimum atomic E-state index is -0.311. The molecule has 0 saturated carbocycles. The standard InChI is InChI=1S/C25H15Cl2N3O3/c26-17-10-16(11-18(27)12-17)22-7-4-20(32-22)5-8-24(31)29-19-3-6-23-21(13-19)30-25(33-23)15-2-1-9-28-14-15/h1-14H,(H,29,31)/b8-5+. The zero-order valence-electron chi connectivity index (χ0n) is 17.0. The van der Waals surface area contributed by atoms with E-state index in [9.17, 15) is 4.79 Å². The van der Waals surface area contributed by atoms with Gasteiger partial charge in [0.1, 0.15) is 17.0 Å². The molecule has 2 aromatic carbocycles. The molecule has 0 bridgehead atoms. The van der Waals surface area contributed by atoms with Gasteiger partial charge >= 0.3 is 0 Å². The summed E-state index contributed by atoms with van der Waals surface area (Å²) in [6.45, 7) is 0. The quantitative estimate of drug-likeness (QED) is 0.274. The van der Waals surface area contributed by atoms with Crippen molar-refractivity contribution < 1.29 is 13.6 Å². The maximum Gasteiger partial charge on any atom is 0.248 e. The van der Waals surface area contributed by atoms with Crippen LogP contribution >= 0.6 is 23.2 Å². The summed E-state index contributed by atoms with van der Waals surface area (Å²) in [5, 5.41) is 3.84. The number of oxazole rings is 1. The molecule has 1 N–H and O–H groups in total. The Kier molecular flexibility index (Phi) is 5.69. The van der Waals surface area contributed by atoms with E-state index in [0.29, 0.717) is 44.2 Å². The third-order valence-corrected chi connectivity index (χ3v) is 5.17. The van der Waals surface area contributed by atoms with Gasteiger partial charge in [0.05, 0.1) is 5.56 Å². The number of carbonyl (C=O) groups excluding carboxylic acids is 1. The van der Waals surface area contributed by atoms with Crippen LogP contribution in [-0.4, -0.2) is 15.9 Å². The van der Waals surface area contributed by atoms with Gasteiger partial charge in [0.15, 0.2) is 5.58 Å². The molecule has 8 heteroatoms. The van der Waals surface area contributed by atoms with Crippen LogP contribution in [0.5, 0.6) is 0 Å². The van der Waals surface area contributed by atoms with Gasteiger partial charge in [-0.1, -0.05) is 23.2 Å². The molecule has 162 valence electrons. The normalized spacial score (nSPS) is 11.3. The monoisotopic (exact) mass is 475 g/mol. The van der Waals surface area contributed by atoms with Crippen LogP contribution in [0.15, 0.2) is 88.0 Å². The number of anilines is 1. The minimum Gasteiger partial charge on any atom is -0.457 e. The topological polar surface area (TPSA) is 81.2 Å². The molecule has 1 amide bonds. The van der Waals surface area contributed by atoms with E-state index in [1.165, 1.54) is 6.08 Å². The second-order valence-corrected chi connectivity index (χ2v) is 8.00. The molecule has 0 radical (unpaired) electrons. The Bertz CT molecular complexity index is 1470. The zero-order chi connectivity index (χ0) is 22.8. The van der Waals surface area contributed by atoms with Crippen molar-refractivity contribution in [2.45, 2.75) is 0 Å². The van der Waals surface area contributed by atoms with E-state index < -0.39 is 0 Å². The summed E-state index contributed by atoms with van der Waals surface area (Å²) in [5.41, 5.74) is 3.37. The fraction of sp³-hybridized carbons (Fsp3) is 0. The molecule has 0 fully saturated rings. The highest BCUT2D eigenvalue weighted by atomic mass is 35.5. The number of nitrogens with one attached hydrogen (secondary N) is 1. The van der Waals surface area contributed by atoms with Gasteiger partial charge in [0.25, 0.3) is 0 Å². The van der Waals surface area contributed by atoms with Crippen molar-refractivity contribution in [1.82, 2.24) is 9.97 Å². The van der Waals surface area contributed by atoms with Crippen LogP contribution in [0.25, 0.3) is 40.0 Å². The smallest absolute Gasteiger partial charge is 0.248 e. The number of nitrogens with zero attached hydrogens (tertiary/aromatic N) is 2. The molecule has 0 aliphatic rings. The molecular weight excluding hydrogens is 461 g/mol. The van der Waals surface area contributed by atoms with Crippen molar-refractivity contribution in [2.75, 3.05) is 5.32 Å². The van der Waals surface area contributed by atoms with E-state index >= 15 is 0 Å². The number of fused-ring (bicyclic) bond motifs is 1. The second-order valence-electron chi connectivity index (χ2n) is 7.13. The maximum atomic E-state index is 12.4. The lowest BCUT2D eigenvalue weighted by Gasteiger charge is -2.01. The molecule has 0 aliphatic heterocycles. The second kappa shape index (κ2) is 8.94. The van der Waals surface area contributed by atoms with E-state index in [2.05, 4.69) is 15.3 Å². The molecule has 0 spiro atoms. The largest absolute Gasteiger partial charge is 0.457 e. The third kappa shape index (κ3) is 4.82. The lowest BCUT2D eigenvalue weighted by atomic mass is 10.2. The van der Waals surface area contributed by atoms with Gasteiger partial charge in [0, 0.05) is 39.8 Å². The molecule has 5 rings (SSSR count). The Hall–Kier alpha value is -3.87. The molecule has 0 atom stereocenters. The van der Waals surface area contributed by atoms with E-state index in [0.717, 1.165) is 11.1 Å². The average Bonchev–Trinajstić information content (AvgIpc) is 3.45. The molecule has 0 saturated heterocycles. The Morgan fingerprint density at radius 1 is 0.939 bits per heavy atom. The predicted molar refractivity (Wildman–Crippen MR) is 129 cm³/mol. The van der Waals surface area contributed by atoms with Gasteiger partial charge in [0.2, 0.25) is 11.8 Å². The van der Waals surface area contributed by atoms with Gasteiger partial charge < -0.3 is 14.2 Å². The van der Waals surface area contributed by atoms with E-state index in [-0.39, 0.29) is 5.91 Å². The van der Waals surface area contributed by atoms with Crippen molar-refractivity contribution in [3.05, 3.63) is 94.9 Å². The lowest BCUT2D eigenvalue weighted by Crippen LogP contribution is -2.07. The Labute approximate surface area is 198 Å². The number of hydrogen-bond acceptors (Lipinski definition) is 5. The number of amides is 1. The number of aromatic nitrogens is 2. The highest BCUT2D eigenvalue weighted by Crippen LogP contribution is 2.29. The highest BCUT2D eigenvalue weighted by molar-refractivity contribution is 6.35. The number of rotatable bonds is 5. The van der Waals surface area contributed by atoms with Crippen molar-refractivity contribution in [1.29, 1.82) is 0 Å². The number of carbonyl (C=O) groups is 1. The number of hydrogen-bond donors (Lipinski definition) is 1. The van der Waals surface area contributed by atoms with E-state index in [1.807, 2.05) is 12.1 Å². The van der Waals surface area contributed by atoms with E-state index in [1.54, 1.807) is 67.0 Å². The van der Waals surface area contributed by atoms with Crippen LogP contribution in [0, 0.1) is 0 Å². The molecular formula is C25H15Cl2N3O3. The average molecular weight is 476 g/mol. The minimum absolute atomic E-state index is 0.311. The first-order chi connectivity index (χ1) is 16.0. The van der Waals surface area contributed by atoms with Crippen LogP contribution in [0.4, 0.5) is 5.69 Å². The number of furan rings is 1. The third-order valence-electron chi connectivity index (χ3n) is 4.74. The summed E-state index contributed by atoms with van der Waals surface area (Å²) in [5.74, 6) is 1.27. The molecule has 6 nitrogen and oxygen atoms in total. The van der Waals surface area contributed by atoms with Crippen molar-refractivity contribution in [2.24, 2.45) is 0 Å². The van der Waals surface area contributed by atoms with Gasteiger partial charge in [-0.3, -0.25) is 9.78 Å². The summed E-state index contributed by atoms with van der Waals surface area (Å²) >= 11 is 12.1. The summed E-state index contributed by atoms with van der Waals surface area (Å²) < 4.78 is 11.5. The SMILES string of the molecule is O=C(/C=C/c1ccc(-c2cc(Cl)cc(Cl)c2)o1)Nc1ccc2oc(-c3cccnc3)nc2c1. The van der Waals surface area contributed by atoms with Gasteiger partial charge in [-0.15, -0.1) is 0 Å². The van der Waals surface area contributed by atoms with Crippen LogP contribution in [0.1, 0.15) is 5.76 Å². The summed E-state index contributed by atoms with van der Waals surface area (Å²) in [7, 11) is 0. The van der Waals surface area contributed by atoms with Crippen molar-refractivity contribution in [3.63, 3.8) is 0 Å². The summed E-state index contributed by atoms with van der Waals surface area (Å²) in [6.07, 6.45) is 6.34. The van der Waals surface area contributed by atoms with Crippen molar-refractivity contribution in [3.8, 4) is 22.8 Å². The van der Waals surface area contributed by atoms with Crippen LogP contribution < -0.4 is 5.32 Å². The van der Waals surface area contributed by atoms with Crippen LogP contribution in [-0.2, 0) is 4.79 Å². The van der Waals surface area contributed by atoms with Gasteiger partial charge in [-0.05, 0) is 66.7 Å². The number of benzene rings is 2. The maximum absolute atomic E-state index is 12.4. The van der Waals surface area contributed by atoms with Gasteiger partial charge in [-0.25, -0.2) is 4.98 Å². The Morgan fingerprint density at radius 2 is 1.79 bits per heavy atom. The summed E-state index contributed by atoms with van der Waals surface area (Å²) in [6, 6.07) is 17.7. The molecule has 5 aromatic rings. The first kappa shape index (κ1) is 21.0. The molecule has 33 heavy (non-hydrogen) atoms. The first-order valence-corrected chi connectivity index (χ1v) is 10.7. The molecule has 3 heterocycles. The summed E-state index contributed by atoms with van der Waals surface area (Å²) in [4.78, 5) is 20.9. The highest BCUT2D eigenvalue weighted by Gasteiger charge is 2.10. The lowest BCUT2D eigenvalue weighted by molar-refractivity contribution is -0.111. The molecule has 0 aliphatic carbocycles. The Balaban J connectivity index is 1.28. The zero-order valence-corrected chi connectivity index (χ0v) is 18.5. The Morgan fingerprint density at radius 3 is 2.58 bits per heavy atom. The van der Waals surface area contributed by atoms with Gasteiger partial charge in [-0.2, -0.15) is 0 Å². The van der Waals surface area contributed by atoms with Crippen LogP contribution in [0.2, 0.25) is 10.0 Å². The molecule has 0 unspecified atom stereocenters.